The number of carbonyl (C=O) groups excluding carboxylic acids is 1. The van der Waals surface area contributed by atoms with E-state index in [9.17, 15) is 4.79 Å². The van der Waals surface area contributed by atoms with Crippen LogP contribution < -0.4 is 15.4 Å². The molecule has 32 heavy (non-hydrogen) atoms. The predicted molar refractivity (Wildman–Crippen MR) is 125 cm³/mol. The highest BCUT2D eigenvalue weighted by molar-refractivity contribution is 6.35. The number of halogens is 1. The Morgan fingerprint density at radius 3 is 2.75 bits per heavy atom. The zero-order valence-electron chi connectivity index (χ0n) is 17.3. The van der Waals surface area contributed by atoms with Crippen molar-refractivity contribution >= 4 is 34.2 Å². The summed E-state index contributed by atoms with van der Waals surface area (Å²) in [6.45, 7) is 1.88. The quantitative estimate of drug-likeness (QED) is 0.368. The molecule has 3 N–H and O–H groups in total. The number of anilines is 1. The van der Waals surface area contributed by atoms with Crippen LogP contribution in [0, 0.1) is 0 Å². The van der Waals surface area contributed by atoms with Crippen LogP contribution in [0.1, 0.15) is 28.8 Å². The number of nitrogens with one attached hydrogen (secondary N) is 3. The third kappa shape index (κ3) is 4.17. The van der Waals surface area contributed by atoms with Gasteiger partial charge in [-0.2, -0.15) is 0 Å². The van der Waals surface area contributed by atoms with Crippen molar-refractivity contribution in [2.45, 2.75) is 18.9 Å². The van der Waals surface area contributed by atoms with Gasteiger partial charge in [-0.15, -0.1) is 0 Å². The van der Waals surface area contributed by atoms with Crippen LogP contribution in [0.2, 0.25) is 5.02 Å². The lowest BCUT2D eigenvalue weighted by atomic mass is 10.0. The first-order valence-electron chi connectivity index (χ1n) is 10.6. The number of fused-ring (bicyclic) bond motifs is 1. The maximum Gasteiger partial charge on any atom is 0.196 e. The zero-order valence-corrected chi connectivity index (χ0v) is 18.0. The van der Waals surface area contributed by atoms with E-state index >= 15 is 0 Å². The summed E-state index contributed by atoms with van der Waals surface area (Å²) in [7, 11) is 0. The second-order valence-electron chi connectivity index (χ2n) is 7.72. The van der Waals surface area contributed by atoms with Gasteiger partial charge in [0.1, 0.15) is 29.3 Å². The fourth-order valence-electron chi connectivity index (χ4n) is 3.93. The van der Waals surface area contributed by atoms with E-state index in [1.807, 2.05) is 30.3 Å². The molecule has 5 rings (SSSR count). The molecular formula is C24H22ClN5O2. The summed E-state index contributed by atoms with van der Waals surface area (Å²) < 4.78 is 5.82. The van der Waals surface area contributed by atoms with E-state index in [0.29, 0.717) is 44.5 Å². The Balaban J connectivity index is 1.44. The molecule has 0 spiro atoms. The first-order chi connectivity index (χ1) is 15.7. The van der Waals surface area contributed by atoms with Crippen LogP contribution >= 0.6 is 11.6 Å². The van der Waals surface area contributed by atoms with Gasteiger partial charge in [0.25, 0.3) is 0 Å². The second-order valence-corrected chi connectivity index (χ2v) is 8.13. The summed E-state index contributed by atoms with van der Waals surface area (Å²) in [5, 5.41) is 7.84. The van der Waals surface area contributed by atoms with Crippen molar-refractivity contribution in [3.05, 3.63) is 77.2 Å². The number of aromatic amines is 1. The molecule has 3 heterocycles. The third-order valence-electron chi connectivity index (χ3n) is 5.52. The molecule has 1 aliphatic heterocycles. The number of hydrogen-bond donors (Lipinski definition) is 3. The number of ketones is 1. The van der Waals surface area contributed by atoms with Gasteiger partial charge in [0.05, 0.1) is 16.0 Å². The molecule has 0 radical (unpaired) electrons. The Morgan fingerprint density at radius 1 is 1.09 bits per heavy atom. The molecule has 0 saturated carbocycles. The highest BCUT2D eigenvalue weighted by Gasteiger charge is 2.22. The Morgan fingerprint density at radius 2 is 1.97 bits per heavy atom. The van der Waals surface area contributed by atoms with E-state index in [1.54, 1.807) is 24.4 Å². The van der Waals surface area contributed by atoms with Gasteiger partial charge in [-0.25, -0.2) is 9.97 Å². The smallest absolute Gasteiger partial charge is 0.196 e. The highest BCUT2D eigenvalue weighted by atomic mass is 35.5. The van der Waals surface area contributed by atoms with Crippen LogP contribution in [-0.2, 0) is 0 Å². The minimum atomic E-state index is -0.202. The summed E-state index contributed by atoms with van der Waals surface area (Å²) >= 11 is 6.49. The standard InChI is InChI=1S/C24H22ClN5O2/c25-20-11-17(32-16-6-2-1-3-7-16)8-9-18(20)22(31)19-13-27-23-21(19)24(29-14-28-23)30-15-5-4-10-26-12-15/h1-3,6-9,11,13-15,26H,4-5,10,12H2,(H2,27,28,29,30)/t15-/m1/s1. The summed E-state index contributed by atoms with van der Waals surface area (Å²) in [4.78, 5) is 25.2. The van der Waals surface area contributed by atoms with Gasteiger partial charge < -0.3 is 20.4 Å². The molecule has 0 amide bonds. The number of hydrogen-bond acceptors (Lipinski definition) is 6. The summed E-state index contributed by atoms with van der Waals surface area (Å²) in [5.41, 5.74) is 1.47. The van der Waals surface area contributed by atoms with E-state index in [4.69, 9.17) is 16.3 Å². The van der Waals surface area contributed by atoms with Crippen molar-refractivity contribution in [3.63, 3.8) is 0 Å². The Labute approximate surface area is 190 Å². The monoisotopic (exact) mass is 447 g/mol. The summed E-state index contributed by atoms with van der Waals surface area (Å²) in [5.74, 6) is 1.71. The van der Waals surface area contributed by atoms with Crippen molar-refractivity contribution in [1.29, 1.82) is 0 Å². The average molecular weight is 448 g/mol. The minimum Gasteiger partial charge on any atom is -0.457 e. The van der Waals surface area contributed by atoms with E-state index in [0.717, 1.165) is 25.9 Å². The van der Waals surface area contributed by atoms with Gasteiger partial charge in [0.15, 0.2) is 5.78 Å². The molecule has 2 aromatic carbocycles. The number of piperidine rings is 1. The predicted octanol–water partition coefficient (Wildman–Crippen LogP) is 4.80. The number of benzene rings is 2. The topological polar surface area (TPSA) is 91.9 Å². The number of rotatable bonds is 6. The fourth-order valence-corrected chi connectivity index (χ4v) is 4.19. The molecule has 7 nitrogen and oxygen atoms in total. The molecule has 0 aliphatic carbocycles. The number of carbonyl (C=O) groups is 1. The second kappa shape index (κ2) is 8.98. The molecule has 1 atom stereocenters. The first-order valence-corrected chi connectivity index (χ1v) is 10.9. The lowest BCUT2D eigenvalue weighted by molar-refractivity contribution is 0.104. The van der Waals surface area contributed by atoms with Crippen LogP contribution in [0.25, 0.3) is 11.0 Å². The van der Waals surface area contributed by atoms with Crippen LogP contribution in [0.5, 0.6) is 11.5 Å². The summed E-state index contributed by atoms with van der Waals surface area (Å²) in [6, 6.07) is 14.7. The molecular weight excluding hydrogens is 426 g/mol. The first kappa shape index (κ1) is 20.5. The van der Waals surface area contributed by atoms with Gasteiger partial charge in [-0.05, 0) is 43.7 Å². The lowest BCUT2D eigenvalue weighted by Crippen LogP contribution is -2.38. The van der Waals surface area contributed by atoms with Crippen molar-refractivity contribution < 1.29 is 9.53 Å². The molecule has 4 aromatic rings. The van der Waals surface area contributed by atoms with E-state index in [-0.39, 0.29) is 11.8 Å². The normalized spacial score (nSPS) is 16.1. The summed E-state index contributed by atoms with van der Waals surface area (Å²) in [6.07, 6.45) is 5.30. The Hall–Kier alpha value is -3.42. The minimum absolute atomic E-state index is 0.202. The van der Waals surface area contributed by atoms with Gasteiger partial charge in [0.2, 0.25) is 0 Å². The van der Waals surface area contributed by atoms with E-state index < -0.39 is 0 Å². The Bertz CT molecular complexity index is 1250. The molecule has 0 unspecified atom stereocenters. The average Bonchev–Trinajstić information content (AvgIpc) is 3.26. The molecule has 2 aromatic heterocycles. The number of aromatic nitrogens is 3. The lowest BCUT2D eigenvalue weighted by Gasteiger charge is -2.24. The number of para-hydroxylation sites is 1. The van der Waals surface area contributed by atoms with Crippen LogP contribution in [0.4, 0.5) is 5.82 Å². The maximum absolute atomic E-state index is 13.4. The third-order valence-corrected chi connectivity index (χ3v) is 5.83. The van der Waals surface area contributed by atoms with Crippen LogP contribution in [0.15, 0.2) is 61.1 Å². The van der Waals surface area contributed by atoms with E-state index in [1.165, 1.54) is 6.33 Å². The van der Waals surface area contributed by atoms with Crippen LogP contribution in [0.3, 0.4) is 0 Å². The largest absolute Gasteiger partial charge is 0.457 e. The van der Waals surface area contributed by atoms with Crippen LogP contribution in [-0.4, -0.2) is 39.9 Å². The Kier molecular flexibility index (Phi) is 5.75. The molecule has 0 bridgehead atoms. The SMILES string of the molecule is O=C(c1ccc(Oc2ccccc2)cc1Cl)c1c[nH]c2ncnc(N[C@@H]3CCCNC3)c12. The van der Waals surface area contributed by atoms with Gasteiger partial charge >= 0.3 is 0 Å². The van der Waals surface area contributed by atoms with Gasteiger partial charge in [-0.3, -0.25) is 4.79 Å². The maximum atomic E-state index is 13.4. The molecule has 8 heteroatoms. The van der Waals surface area contributed by atoms with Gasteiger partial charge in [-0.1, -0.05) is 29.8 Å². The molecule has 162 valence electrons. The van der Waals surface area contributed by atoms with Crippen molar-refractivity contribution in [1.82, 2.24) is 20.3 Å². The fraction of sp³-hybridized carbons (Fsp3) is 0.208. The number of nitrogens with zero attached hydrogens (tertiary/aromatic N) is 2. The van der Waals surface area contributed by atoms with E-state index in [2.05, 4.69) is 25.6 Å². The van der Waals surface area contributed by atoms with Crippen molar-refractivity contribution in [3.8, 4) is 11.5 Å². The van der Waals surface area contributed by atoms with Crippen molar-refractivity contribution in [2.75, 3.05) is 18.4 Å². The molecule has 1 fully saturated rings. The molecule has 1 saturated heterocycles. The van der Waals surface area contributed by atoms with Gasteiger partial charge in [0, 0.05) is 30.4 Å². The zero-order chi connectivity index (χ0) is 21.9. The molecule has 1 aliphatic rings. The highest BCUT2D eigenvalue weighted by Crippen LogP contribution is 2.31. The van der Waals surface area contributed by atoms with Crippen molar-refractivity contribution in [2.24, 2.45) is 0 Å². The number of H-pyrrole nitrogens is 1. The number of ether oxygens (including phenoxy) is 1.